The molecule has 5 heteroatoms. The highest BCUT2D eigenvalue weighted by atomic mass is 35.5. The van der Waals surface area contributed by atoms with Gasteiger partial charge in [0.1, 0.15) is 0 Å². The number of primary amides is 1. The predicted molar refractivity (Wildman–Crippen MR) is 69.7 cm³/mol. The summed E-state index contributed by atoms with van der Waals surface area (Å²) >= 11 is 5.84. The number of benzene rings is 1. The molecule has 1 aromatic carbocycles. The molecule has 0 aliphatic carbocycles. The fraction of sp³-hybridized carbons (Fsp3) is 0.417. The molecular weight excluding hydrogens is 238 g/mol. The Hall–Kier alpha value is -1.10. The van der Waals surface area contributed by atoms with E-state index in [2.05, 4.69) is 0 Å². The molecule has 1 rings (SSSR count). The quantitative estimate of drug-likeness (QED) is 0.801. The third-order valence-corrected chi connectivity index (χ3v) is 2.94. The van der Waals surface area contributed by atoms with Crippen LogP contribution in [0.15, 0.2) is 24.3 Å². The molecule has 1 aromatic rings. The van der Waals surface area contributed by atoms with Gasteiger partial charge in [0.25, 0.3) is 0 Å². The number of carbonyl (C=O) groups is 1. The summed E-state index contributed by atoms with van der Waals surface area (Å²) in [7, 11) is 0. The minimum Gasteiger partial charge on any atom is -0.369 e. The Bertz CT molecular complexity index is 367. The van der Waals surface area contributed by atoms with Crippen molar-refractivity contribution in [2.75, 3.05) is 19.6 Å². The second kappa shape index (κ2) is 6.59. The first-order valence-electron chi connectivity index (χ1n) is 5.56. The zero-order valence-corrected chi connectivity index (χ0v) is 10.7. The standard InChI is InChI=1S/C12H18ClN3O/c1-2-16(8-12(15)17)11(7-14)9-3-5-10(13)6-4-9/h3-6,11H,2,7-8,14H2,1H3,(H2,15,17). The first kappa shape index (κ1) is 14.0. The van der Waals surface area contributed by atoms with E-state index in [0.717, 1.165) is 5.56 Å². The molecule has 0 bridgehead atoms. The van der Waals surface area contributed by atoms with Crippen LogP contribution < -0.4 is 11.5 Å². The fourth-order valence-electron chi connectivity index (χ4n) is 1.82. The van der Waals surface area contributed by atoms with Crippen LogP contribution in [0.3, 0.4) is 0 Å². The zero-order chi connectivity index (χ0) is 12.8. The van der Waals surface area contributed by atoms with Crippen molar-refractivity contribution in [2.45, 2.75) is 13.0 Å². The molecule has 1 amide bonds. The summed E-state index contributed by atoms with van der Waals surface area (Å²) in [5.41, 5.74) is 12.0. The van der Waals surface area contributed by atoms with Crippen molar-refractivity contribution in [1.29, 1.82) is 0 Å². The van der Waals surface area contributed by atoms with E-state index in [-0.39, 0.29) is 18.5 Å². The molecule has 0 spiro atoms. The maximum Gasteiger partial charge on any atom is 0.231 e. The number of rotatable bonds is 6. The van der Waals surface area contributed by atoms with Gasteiger partial charge >= 0.3 is 0 Å². The van der Waals surface area contributed by atoms with E-state index in [1.165, 1.54) is 0 Å². The topological polar surface area (TPSA) is 72.3 Å². The Morgan fingerprint density at radius 1 is 1.41 bits per heavy atom. The number of amides is 1. The van der Waals surface area contributed by atoms with Gasteiger partial charge in [-0.05, 0) is 24.2 Å². The molecule has 4 N–H and O–H groups in total. The fourth-order valence-corrected chi connectivity index (χ4v) is 1.95. The van der Waals surface area contributed by atoms with Crippen LogP contribution in [0.4, 0.5) is 0 Å². The Balaban J connectivity index is 2.88. The van der Waals surface area contributed by atoms with E-state index in [1.54, 1.807) is 0 Å². The van der Waals surface area contributed by atoms with Crippen LogP contribution >= 0.6 is 11.6 Å². The van der Waals surface area contributed by atoms with E-state index in [0.29, 0.717) is 18.1 Å². The summed E-state index contributed by atoms with van der Waals surface area (Å²) in [5, 5.41) is 0.683. The summed E-state index contributed by atoms with van der Waals surface area (Å²) < 4.78 is 0. The molecule has 1 unspecified atom stereocenters. The molecule has 1 atom stereocenters. The smallest absolute Gasteiger partial charge is 0.231 e. The summed E-state index contributed by atoms with van der Waals surface area (Å²) in [6.07, 6.45) is 0. The summed E-state index contributed by atoms with van der Waals surface area (Å²) in [6.45, 7) is 3.33. The van der Waals surface area contributed by atoms with Gasteiger partial charge < -0.3 is 11.5 Å². The average Bonchev–Trinajstić information content (AvgIpc) is 2.30. The highest BCUT2D eigenvalue weighted by Crippen LogP contribution is 2.21. The minimum absolute atomic E-state index is 0.00948. The Morgan fingerprint density at radius 3 is 2.41 bits per heavy atom. The van der Waals surface area contributed by atoms with E-state index in [1.807, 2.05) is 36.1 Å². The van der Waals surface area contributed by atoms with Crippen LogP contribution in [-0.4, -0.2) is 30.4 Å². The highest BCUT2D eigenvalue weighted by molar-refractivity contribution is 6.30. The van der Waals surface area contributed by atoms with E-state index in [9.17, 15) is 4.79 Å². The Labute approximate surface area is 107 Å². The van der Waals surface area contributed by atoms with Crippen molar-refractivity contribution in [3.05, 3.63) is 34.9 Å². The van der Waals surface area contributed by atoms with Gasteiger partial charge in [-0.2, -0.15) is 0 Å². The Morgan fingerprint density at radius 2 is 2.00 bits per heavy atom. The molecule has 0 saturated heterocycles. The van der Waals surface area contributed by atoms with Crippen LogP contribution in [0.2, 0.25) is 5.02 Å². The molecule has 0 fully saturated rings. The third kappa shape index (κ3) is 4.00. The molecule has 0 heterocycles. The van der Waals surface area contributed by atoms with E-state index < -0.39 is 0 Å². The lowest BCUT2D eigenvalue weighted by molar-refractivity contribution is -0.119. The number of hydrogen-bond acceptors (Lipinski definition) is 3. The number of nitrogens with two attached hydrogens (primary N) is 2. The SMILES string of the molecule is CCN(CC(N)=O)C(CN)c1ccc(Cl)cc1. The van der Waals surface area contributed by atoms with Crippen LogP contribution in [0.5, 0.6) is 0 Å². The van der Waals surface area contributed by atoms with Gasteiger partial charge in [0, 0.05) is 17.6 Å². The summed E-state index contributed by atoms with van der Waals surface area (Å²) in [5.74, 6) is -0.348. The highest BCUT2D eigenvalue weighted by Gasteiger charge is 2.18. The lowest BCUT2D eigenvalue weighted by atomic mass is 10.1. The van der Waals surface area contributed by atoms with Gasteiger partial charge in [0.05, 0.1) is 6.54 Å². The molecule has 0 aliphatic rings. The molecule has 94 valence electrons. The predicted octanol–water partition coefficient (Wildman–Crippen LogP) is 1.15. The lowest BCUT2D eigenvalue weighted by Crippen LogP contribution is -2.39. The molecule has 0 aliphatic heterocycles. The zero-order valence-electron chi connectivity index (χ0n) is 9.90. The number of carbonyl (C=O) groups excluding carboxylic acids is 1. The summed E-state index contributed by atoms with van der Waals surface area (Å²) in [4.78, 5) is 12.9. The Kier molecular flexibility index (Phi) is 5.41. The van der Waals surface area contributed by atoms with Crippen LogP contribution in [0, 0.1) is 0 Å². The van der Waals surface area contributed by atoms with Gasteiger partial charge in [0.15, 0.2) is 0 Å². The first-order chi connectivity index (χ1) is 8.08. The average molecular weight is 256 g/mol. The second-order valence-electron chi connectivity index (χ2n) is 3.83. The maximum absolute atomic E-state index is 11.0. The van der Waals surface area contributed by atoms with Gasteiger partial charge in [0.2, 0.25) is 5.91 Å². The number of halogens is 1. The van der Waals surface area contributed by atoms with E-state index in [4.69, 9.17) is 23.1 Å². The normalized spacial score (nSPS) is 12.7. The van der Waals surface area contributed by atoms with Crippen LogP contribution in [-0.2, 0) is 4.79 Å². The third-order valence-electron chi connectivity index (χ3n) is 2.68. The monoisotopic (exact) mass is 255 g/mol. The molecule has 0 saturated carbocycles. The van der Waals surface area contributed by atoms with Gasteiger partial charge in [-0.15, -0.1) is 0 Å². The molecular formula is C12H18ClN3O. The van der Waals surface area contributed by atoms with E-state index >= 15 is 0 Å². The molecule has 17 heavy (non-hydrogen) atoms. The lowest BCUT2D eigenvalue weighted by Gasteiger charge is -2.29. The maximum atomic E-state index is 11.0. The van der Waals surface area contributed by atoms with Crippen molar-refractivity contribution in [1.82, 2.24) is 4.90 Å². The van der Waals surface area contributed by atoms with Crippen molar-refractivity contribution in [2.24, 2.45) is 11.5 Å². The first-order valence-corrected chi connectivity index (χ1v) is 5.94. The van der Waals surface area contributed by atoms with Gasteiger partial charge in [-0.25, -0.2) is 0 Å². The molecule has 0 radical (unpaired) electrons. The molecule has 4 nitrogen and oxygen atoms in total. The molecule has 0 aromatic heterocycles. The largest absolute Gasteiger partial charge is 0.369 e. The van der Waals surface area contributed by atoms with Crippen molar-refractivity contribution < 1.29 is 4.79 Å². The van der Waals surface area contributed by atoms with Crippen LogP contribution in [0.25, 0.3) is 0 Å². The van der Waals surface area contributed by atoms with Gasteiger partial charge in [-0.3, -0.25) is 9.69 Å². The number of nitrogens with zero attached hydrogens (tertiary/aromatic N) is 1. The van der Waals surface area contributed by atoms with Crippen molar-refractivity contribution in [3.63, 3.8) is 0 Å². The number of likely N-dealkylation sites (N-methyl/N-ethyl adjacent to an activating group) is 1. The van der Waals surface area contributed by atoms with Crippen molar-refractivity contribution >= 4 is 17.5 Å². The van der Waals surface area contributed by atoms with Crippen molar-refractivity contribution in [3.8, 4) is 0 Å². The number of hydrogen-bond donors (Lipinski definition) is 2. The van der Waals surface area contributed by atoms with Gasteiger partial charge in [-0.1, -0.05) is 30.7 Å². The minimum atomic E-state index is -0.348. The summed E-state index contributed by atoms with van der Waals surface area (Å²) in [6, 6.07) is 7.47. The second-order valence-corrected chi connectivity index (χ2v) is 4.27. The van der Waals surface area contributed by atoms with Crippen LogP contribution in [0.1, 0.15) is 18.5 Å².